The summed E-state index contributed by atoms with van der Waals surface area (Å²) in [6.07, 6.45) is 4.62. The third kappa shape index (κ3) is 8.46. The van der Waals surface area contributed by atoms with Crippen LogP contribution < -0.4 is 19.2 Å². The van der Waals surface area contributed by atoms with Gasteiger partial charge in [-0.15, -0.1) is 0 Å². The molecule has 10 nitrogen and oxygen atoms in total. The van der Waals surface area contributed by atoms with E-state index in [9.17, 15) is 18.0 Å². The molecule has 0 radical (unpaired) electrons. The van der Waals surface area contributed by atoms with Crippen molar-refractivity contribution in [2.75, 3.05) is 37.2 Å². The van der Waals surface area contributed by atoms with Crippen LogP contribution in [0.3, 0.4) is 0 Å². The number of amides is 2. The molecule has 1 aliphatic rings. The van der Waals surface area contributed by atoms with E-state index in [1.54, 1.807) is 48.5 Å². The zero-order chi connectivity index (χ0) is 30.0. The van der Waals surface area contributed by atoms with Crippen LogP contribution in [0, 0.1) is 0 Å². The second kappa shape index (κ2) is 14.7. The molecule has 1 heterocycles. The molecular weight excluding hydrogens is 580 g/mol. The van der Waals surface area contributed by atoms with Crippen molar-refractivity contribution in [2.24, 2.45) is 5.10 Å². The first-order chi connectivity index (χ1) is 20.3. The van der Waals surface area contributed by atoms with Crippen molar-refractivity contribution in [3.05, 3.63) is 83.4 Å². The number of halogens is 1. The van der Waals surface area contributed by atoms with E-state index in [-0.39, 0.29) is 23.1 Å². The number of nitrogens with one attached hydrogen (secondary N) is 1. The van der Waals surface area contributed by atoms with Crippen LogP contribution in [0.2, 0.25) is 5.02 Å². The molecule has 0 bridgehead atoms. The van der Waals surface area contributed by atoms with Gasteiger partial charge in [0.1, 0.15) is 18.0 Å². The minimum absolute atomic E-state index is 0.0166. The third-order valence-electron chi connectivity index (χ3n) is 6.48. The number of ether oxygens (including phenoxy) is 2. The molecule has 0 spiro atoms. The van der Waals surface area contributed by atoms with Crippen molar-refractivity contribution in [1.29, 1.82) is 0 Å². The Hall–Kier alpha value is -4.09. The third-order valence-corrected chi connectivity index (χ3v) is 8.52. The van der Waals surface area contributed by atoms with E-state index < -0.39 is 22.5 Å². The van der Waals surface area contributed by atoms with Gasteiger partial charge in [0.25, 0.3) is 21.8 Å². The van der Waals surface area contributed by atoms with E-state index in [1.807, 2.05) is 11.8 Å². The van der Waals surface area contributed by atoms with Crippen LogP contribution in [0.5, 0.6) is 11.5 Å². The van der Waals surface area contributed by atoms with Gasteiger partial charge in [-0.3, -0.25) is 13.9 Å². The van der Waals surface area contributed by atoms with Crippen LogP contribution >= 0.6 is 11.6 Å². The maximum absolute atomic E-state index is 13.5. The molecule has 0 aliphatic carbocycles. The summed E-state index contributed by atoms with van der Waals surface area (Å²) in [5.74, 6) is 0.443. The predicted octanol–water partition coefficient (Wildman–Crippen LogP) is 4.48. The smallest absolute Gasteiger partial charge is 0.264 e. The summed E-state index contributed by atoms with van der Waals surface area (Å²) in [4.78, 5) is 26.9. The Morgan fingerprint density at radius 3 is 2.19 bits per heavy atom. The minimum atomic E-state index is -4.11. The Labute approximate surface area is 250 Å². The number of piperidine rings is 1. The van der Waals surface area contributed by atoms with Gasteiger partial charge in [0.2, 0.25) is 0 Å². The van der Waals surface area contributed by atoms with Crippen molar-refractivity contribution in [1.82, 2.24) is 10.3 Å². The average molecular weight is 613 g/mol. The van der Waals surface area contributed by atoms with Gasteiger partial charge < -0.3 is 14.4 Å². The van der Waals surface area contributed by atoms with E-state index >= 15 is 0 Å². The maximum atomic E-state index is 13.5. The largest absolute Gasteiger partial charge is 0.494 e. The second-order valence-electron chi connectivity index (χ2n) is 9.48. The summed E-state index contributed by atoms with van der Waals surface area (Å²) in [6, 6.07) is 19.0. The number of likely N-dealkylation sites (tertiary alicyclic amines) is 1. The molecule has 1 fully saturated rings. The fraction of sp³-hybridized carbons (Fsp3) is 0.300. The monoisotopic (exact) mass is 612 g/mol. The summed E-state index contributed by atoms with van der Waals surface area (Å²) >= 11 is 5.94. The number of sulfonamides is 1. The lowest BCUT2D eigenvalue weighted by Gasteiger charge is -2.26. The summed E-state index contributed by atoms with van der Waals surface area (Å²) in [6.45, 7) is 3.31. The number of carbonyl (C=O) groups is 2. The first kappa shape index (κ1) is 30.9. The van der Waals surface area contributed by atoms with Gasteiger partial charge in [-0.1, -0.05) is 11.6 Å². The molecule has 0 saturated carbocycles. The zero-order valence-electron chi connectivity index (χ0n) is 23.2. The van der Waals surface area contributed by atoms with Crippen LogP contribution in [-0.4, -0.2) is 64.2 Å². The SMILES string of the molecule is CCOc1ccc(N(CC(=O)N/N=C\c2ccc(OCC(=O)N3CCCCC3)cc2)S(=O)(=O)c2ccc(Cl)cc2)cc1. The van der Waals surface area contributed by atoms with E-state index in [0.717, 1.165) is 36.7 Å². The highest BCUT2D eigenvalue weighted by atomic mass is 35.5. The van der Waals surface area contributed by atoms with Gasteiger partial charge in [0, 0.05) is 18.1 Å². The highest BCUT2D eigenvalue weighted by molar-refractivity contribution is 7.92. The van der Waals surface area contributed by atoms with Crippen LogP contribution in [0.25, 0.3) is 0 Å². The van der Waals surface area contributed by atoms with E-state index in [0.29, 0.717) is 28.7 Å². The topological polar surface area (TPSA) is 118 Å². The van der Waals surface area contributed by atoms with Crippen molar-refractivity contribution < 1.29 is 27.5 Å². The molecule has 12 heteroatoms. The van der Waals surface area contributed by atoms with Crippen LogP contribution in [0.1, 0.15) is 31.7 Å². The fourth-order valence-corrected chi connectivity index (χ4v) is 5.85. The molecule has 222 valence electrons. The average Bonchev–Trinajstić information content (AvgIpc) is 3.00. The van der Waals surface area contributed by atoms with Crippen LogP contribution in [0.15, 0.2) is 82.8 Å². The van der Waals surface area contributed by atoms with Crippen molar-refractivity contribution in [3.63, 3.8) is 0 Å². The molecule has 1 aliphatic heterocycles. The molecule has 1 saturated heterocycles. The lowest BCUT2D eigenvalue weighted by Crippen LogP contribution is -2.39. The second-order valence-corrected chi connectivity index (χ2v) is 11.8. The number of hydrazone groups is 1. The predicted molar refractivity (Wildman–Crippen MR) is 162 cm³/mol. The number of hydrogen-bond donors (Lipinski definition) is 1. The number of anilines is 1. The molecular formula is C30H33ClN4O6S. The molecule has 0 unspecified atom stereocenters. The highest BCUT2D eigenvalue weighted by Crippen LogP contribution is 2.26. The normalized spacial score (nSPS) is 13.5. The molecule has 4 rings (SSSR count). The molecule has 0 aromatic heterocycles. The van der Waals surface area contributed by atoms with Gasteiger partial charge >= 0.3 is 0 Å². The van der Waals surface area contributed by atoms with Crippen LogP contribution in [0.4, 0.5) is 5.69 Å². The number of hydrogen-bond acceptors (Lipinski definition) is 7. The van der Waals surface area contributed by atoms with Gasteiger partial charge in [0.15, 0.2) is 6.61 Å². The highest BCUT2D eigenvalue weighted by Gasteiger charge is 2.27. The Bertz CT molecular complexity index is 1470. The number of carbonyl (C=O) groups excluding carboxylic acids is 2. The van der Waals surface area contributed by atoms with E-state index in [2.05, 4.69) is 10.5 Å². The molecule has 1 N–H and O–H groups in total. The lowest BCUT2D eigenvalue weighted by atomic mass is 10.1. The number of nitrogens with zero attached hydrogens (tertiary/aromatic N) is 3. The summed E-state index contributed by atoms with van der Waals surface area (Å²) in [5, 5.41) is 4.36. The molecule has 3 aromatic carbocycles. The first-order valence-corrected chi connectivity index (χ1v) is 15.4. The van der Waals surface area contributed by atoms with Gasteiger partial charge in [0.05, 0.1) is 23.4 Å². The van der Waals surface area contributed by atoms with Crippen molar-refractivity contribution in [3.8, 4) is 11.5 Å². The van der Waals surface area contributed by atoms with E-state index in [1.165, 1.54) is 30.5 Å². The Morgan fingerprint density at radius 1 is 0.929 bits per heavy atom. The van der Waals surface area contributed by atoms with Crippen LogP contribution in [-0.2, 0) is 19.6 Å². The first-order valence-electron chi connectivity index (χ1n) is 13.6. The quantitative estimate of drug-likeness (QED) is 0.238. The van der Waals surface area contributed by atoms with Gasteiger partial charge in [-0.25, -0.2) is 13.8 Å². The molecule has 0 atom stereocenters. The zero-order valence-corrected chi connectivity index (χ0v) is 24.8. The van der Waals surface area contributed by atoms with Gasteiger partial charge in [-0.2, -0.15) is 5.10 Å². The summed E-state index contributed by atoms with van der Waals surface area (Å²) < 4.78 is 39.1. The maximum Gasteiger partial charge on any atom is 0.264 e. The summed E-state index contributed by atoms with van der Waals surface area (Å²) in [7, 11) is -4.11. The van der Waals surface area contributed by atoms with E-state index in [4.69, 9.17) is 21.1 Å². The molecule has 2 amide bonds. The fourth-order valence-electron chi connectivity index (χ4n) is 4.30. The Balaban J connectivity index is 1.38. The van der Waals surface area contributed by atoms with Crippen molar-refractivity contribution >= 4 is 45.3 Å². The lowest BCUT2D eigenvalue weighted by molar-refractivity contribution is -0.134. The summed E-state index contributed by atoms with van der Waals surface area (Å²) in [5.41, 5.74) is 3.33. The minimum Gasteiger partial charge on any atom is -0.494 e. The Morgan fingerprint density at radius 2 is 1.55 bits per heavy atom. The molecule has 42 heavy (non-hydrogen) atoms. The standard InChI is InChI=1S/C30H33ClN4O6S/c1-2-40-26-14-10-25(11-15-26)35(42(38,39)28-16-8-24(31)9-17-28)21-29(36)33-32-20-23-6-12-27(13-7-23)41-22-30(37)34-18-4-3-5-19-34/h6-17,20H,2-5,18-19,21-22H2,1H3,(H,33,36)/b32-20-. The number of benzene rings is 3. The Kier molecular flexibility index (Phi) is 10.8. The number of rotatable bonds is 12. The van der Waals surface area contributed by atoms with Crippen molar-refractivity contribution in [2.45, 2.75) is 31.1 Å². The molecule has 3 aromatic rings. The van der Waals surface area contributed by atoms with Gasteiger partial charge in [-0.05, 0) is 105 Å².